The summed E-state index contributed by atoms with van der Waals surface area (Å²) < 4.78 is 0. The molecule has 0 atom stereocenters. The molecule has 1 aromatic heterocycles. The lowest BCUT2D eigenvalue weighted by Gasteiger charge is -2.05. The number of nitrogens with zero attached hydrogens (tertiary/aromatic N) is 2. The fourth-order valence-electron chi connectivity index (χ4n) is 0.982. The molecule has 2 N–H and O–H groups in total. The SMILES string of the molecule is O=Cc1n[nH]c2c1C=NCN2. The normalized spacial score (nSPS) is 13.8. The van der Waals surface area contributed by atoms with Crippen LogP contribution in [-0.4, -0.2) is 29.4 Å². The van der Waals surface area contributed by atoms with Crippen LogP contribution in [0.5, 0.6) is 0 Å². The topological polar surface area (TPSA) is 70.1 Å². The molecule has 0 unspecified atom stereocenters. The summed E-state index contributed by atoms with van der Waals surface area (Å²) in [4.78, 5) is 14.3. The van der Waals surface area contributed by atoms with Crippen LogP contribution >= 0.6 is 0 Å². The first-order chi connectivity index (χ1) is 5.42. The average molecular weight is 150 g/mol. The Balaban J connectivity index is 2.56. The Kier molecular flexibility index (Phi) is 1.21. The molecule has 1 aromatic rings. The van der Waals surface area contributed by atoms with Gasteiger partial charge in [0.25, 0.3) is 0 Å². The standard InChI is InChI=1S/C6H6N4O/c11-2-5-4-1-7-3-8-6(4)10-9-5/h1-2H,3H2,(H2,8,9,10). The minimum atomic E-state index is 0.399. The summed E-state index contributed by atoms with van der Waals surface area (Å²) >= 11 is 0. The van der Waals surface area contributed by atoms with Gasteiger partial charge in [0.1, 0.15) is 18.2 Å². The number of anilines is 1. The lowest BCUT2D eigenvalue weighted by atomic mass is 10.2. The fraction of sp³-hybridized carbons (Fsp3) is 0.167. The van der Waals surface area contributed by atoms with Crippen LogP contribution < -0.4 is 5.32 Å². The molecule has 0 fully saturated rings. The maximum absolute atomic E-state index is 10.4. The van der Waals surface area contributed by atoms with Gasteiger partial charge >= 0.3 is 0 Å². The summed E-state index contributed by atoms with van der Waals surface area (Å²) in [5, 5.41) is 9.41. The maximum Gasteiger partial charge on any atom is 0.171 e. The number of carbonyl (C=O) groups excluding carboxylic acids is 1. The van der Waals surface area contributed by atoms with Gasteiger partial charge in [-0.3, -0.25) is 14.9 Å². The predicted octanol–water partition coefficient (Wildman–Crippen LogP) is 0.0241. The Bertz CT molecular complexity index is 314. The van der Waals surface area contributed by atoms with Crippen LogP contribution in [-0.2, 0) is 0 Å². The number of H-pyrrole nitrogens is 1. The van der Waals surface area contributed by atoms with Crippen molar-refractivity contribution in [2.45, 2.75) is 0 Å². The van der Waals surface area contributed by atoms with E-state index in [1.165, 1.54) is 0 Å². The van der Waals surface area contributed by atoms with Crippen LogP contribution in [0, 0.1) is 0 Å². The molecule has 0 saturated carbocycles. The highest BCUT2D eigenvalue weighted by Crippen LogP contribution is 2.14. The van der Waals surface area contributed by atoms with Crippen LogP contribution in [0.2, 0.25) is 0 Å². The number of carbonyl (C=O) groups is 1. The molecule has 0 amide bonds. The highest BCUT2D eigenvalue weighted by Gasteiger charge is 2.11. The van der Waals surface area contributed by atoms with E-state index < -0.39 is 0 Å². The van der Waals surface area contributed by atoms with Gasteiger partial charge in [-0.05, 0) is 0 Å². The molecule has 0 aromatic carbocycles. The zero-order valence-corrected chi connectivity index (χ0v) is 5.66. The van der Waals surface area contributed by atoms with Gasteiger partial charge in [-0.1, -0.05) is 0 Å². The van der Waals surface area contributed by atoms with Gasteiger partial charge in [-0.25, -0.2) is 0 Å². The van der Waals surface area contributed by atoms with Crippen molar-refractivity contribution in [2.24, 2.45) is 4.99 Å². The highest BCUT2D eigenvalue weighted by atomic mass is 16.1. The molecule has 0 aliphatic carbocycles. The van der Waals surface area contributed by atoms with E-state index in [-0.39, 0.29) is 0 Å². The monoisotopic (exact) mass is 150 g/mol. The summed E-state index contributed by atoms with van der Waals surface area (Å²) in [6.45, 7) is 0.535. The van der Waals surface area contributed by atoms with Gasteiger partial charge in [-0.2, -0.15) is 5.10 Å². The molecular formula is C6H6N4O. The second-order valence-electron chi connectivity index (χ2n) is 2.16. The average Bonchev–Trinajstić information content (AvgIpc) is 2.47. The molecule has 2 heterocycles. The zero-order chi connectivity index (χ0) is 7.68. The summed E-state index contributed by atoms with van der Waals surface area (Å²) in [5.74, 6) is 0.766. The van der Waals surface area contributed by atoms with Crippen molar-refractivity contribution in [2.75, 3.05) is 12.0 Å². The van der Waals surface area contributed by atoms with Gasteiger partial charge in [0.15, 0.2) is 6.29 Å². The van der Waals surface area contributed by atoms with Crippen molar-refractivity contribution < 1.29 is 4.79 Å². The van der Waals surface area contributed by atoms with Crippen molar-refractivity contribution in [3.05, 3.63) is 11.3 Å². The summed E-state index contributed by atoms with van der Waals surface area (Å²) in [5.41, 5.74) is 1.14. The number of fused-ring (bicyclic) bond motifs is 1. The molecule has 1 aliphatic rings. The van der Waals surface area contributed by atoms with Crippen molar-refractivity contribution in [1.82, 2.24) is 10.2 Å². The van der Waals surface area contributed by atoms with E-state index in [0.717, 1.165) is 11.4 Å². The molecule has 2 rings (SSSR count). The van der Waals surface area contributed by atoms with E-state index in [0.29, 0.717) is 18.6 Å². The number of hydrogen-bond acceptors (Lipinski definition) is 4. The third-order valence-electron chi connectivity index (χ3n) is 1.51. The number of rotatable bonds is 1. The van der Waals surface area contributed by atoms with E-state index >= 15 is 0 Å². The van der Waals surface area contributed by atoms with E-state index in [1.54, 1.807) is 6.21 Å². The Morgan fingerprint density at radius 2 is 2.55 bits per heavy atom. The highest BCUT2D eigenvalue weighted by molar-refractivity contribution is 5.96. The minimum Gasteiger partial charge on any atom is -0.351 e. The fourth-order valence-corrected chi connectivity index (χ4v) is 0.982. The number of hydrogen-bond donors (Lipinski definition) is 2. The molecule has 1 aliphatic heterocycles. The molecule has 0 bridgehead atoms. The largest absolute Gasteiger partial charge is 0.351 e. The Morgan fingerprint density at radius 1 is 1.64 bits per heavy atom. The first-order valence-corrected chi connectivity index (χ1v) is 3.19. The summed E-state index contributed by atoms with van der Waals surface area (Å²) in [6, 6.07) is 0. The first-order valence-electron chi connectivity index (χ1n) is 3.19. The minimum absolute atomic E-state index is 0.399. The van der Waals surface area contributed by atoms with E-state index in [4.69, 9.17) is 0 Å². The van der Waals surface area contributed by atoms with E-state index in [1.807, 2.05) is 0 Å². The van der Waals surface area contributed by atoms with Crippen LogP contribution in [0.25, 0.3) is 0 Å². The van der Waals surface area contributed by atoms with Crippen LogP contribution in [0.3, 0.4) is 0 Å². The molecule has 11 heavy (non-hydrogen) atoms. The second kappa shape index (κ2) is 2.19. The molecule has 0 spiro atoms. The van der Waals surface area contributed by atoms with Gasteiger partial charge in [0, 0.05) is 6.21 Å². The van der Waals surface area contributed by atoms with Crippen molar-refractivity contribution in [3.63, 3.8) is 0 Å². The Morgan fingerprint density at radius 3 is 3.36 bits per heavy atom. The Hall–Kier alpha value is -1.65. The van der Waals surface area contributed by atoms with Crippen LogP contribution in [0.1, 0.15) is 16.1 Å². The van der Waals surface area contributed by atoms with Crippen LogP contribution in [0.4, 0.5) is 5.82 Å². The number of aliphatic imine (C=N–C) groups is 1. The van der Waals surface area contributed by atoms with Crippen molar-refractivity contribution in [1.29, 1.82) is 0 Å². The summed E-state index contributed by atoms with van der Waals surface area (Å²) in [7, 11) is 0. The van der Waals surface area contributed by atoms with Gasteiger partial charge in [0.2, 0.25) is 0 Å². The molecular weight excluding hydrogens is 144 g/mol. The third-order valence-corrected chi connectivity index (χ3v) is 1.51. The summed E-state index contributed by atoms with van der Waals surface area (Å²) in [6.07, 6.45) is 2.34. The van der Waals surface area contributed by atoms with E-state index in [9.17, 15) is 4.79 Å². The molecule has 0 saturated heterocycles. The molecule has 56 valence electrons. The molecule has 5 nitrogen and oxygen atoms in total. The molecule has 0 radical (unpaired) electrons. The van der Waals surface area contributed by atoms with Crippen molar-refractivity contribution in [3.8, 4) is 0 Å². The van der Waals surface area contributed by atoms with Crippen LogP contribution in [0.15, 0.2) is 4.99 Å². The first kappa shape index (κ1) is 6.09. The quantitative estimate of drug-likeness (QED) is 0.554. The van der Waals surface area contributed by atoms with Gasteiger partial charge in [-0.15, -0.1) is 0 Å². The van der Waals surface area contributed by atoms with Gasteiger partial charge < -0.3 is 5.32 Å². The number of aldehydes is 1. The second-order valence-corrected chi connectivity index (χ2v) is 2.16. The zero-order valence-electron chi connectivity index (χ0n) is 5.66. The third kappa shape index (κ3) is 0.813. The van der Waals surface area contributed by atoms with Gasteiger partial charge in [0.05, 0.1) is 5.56 Å². The van der Waals surface area contributed by atoms with E-state index in [2.05, 4.69) is 20.5 Å². The maximum atomic E-state index is 10.4. The molecule has 5 heteroatoms. The predicted molar refractivity (Wildman–Crippen MR) is 40.1 cm³/mol. The lowest BCUT2D eigenvalue weighted by Crippen LogP contribution is -2.07. The lowest BCUT2D eigenvalue weighted by molar-refractivity contribution is 0.111. The number of aromatic amines is 1. The number of aromatic nitrogens is 2. The smallest absolute Gasteiger partial charge is 0.171 e. The number of nitrogens with one attached hydrogen (secondary N) is 2. The van der Waals surface area contributed by atoms with Crippen molar-refractivity contribution >= 4 is 18.3 Å². The Labute approximate surface area is 62.5 Å².